The number of aryl methyl sites for hydroxylation is 1. The zero-order valence-electron chi connectivity index (χ0n) is 11.8. The van der Waals surface area contributed by atoms with Gasteiger partial charge in [-0.15, -0.1) is 22.9 Å². The fraction of sp³-hybridized carbons (Fsp3) is 0.750. The van der Waals surface area contributed by atoms with Crippen LogP contribution in [0.25, 0.3) is 0 Å². The van der Waals surface area contributed by atoms with Crippen molar-refractivity contribution in [2.24, 2.45) is 11.3 Å². The summed E-state index contributed by atoms with van der Waals surface area (Å²) in [5.74, 6) is 0.745. The van der Waals surface area contributed by atoms with Crippen LogP contribution in [0.2, 0.25) is 0 Å². The van der Waals surface area contributed by atoms with E-state index >= 15 is 0 Å². The zero-order valence-corrected chi connectivity index (χ0v) is 13.4. The van der Waals surface area contributed by atoms with E-state index in [1.54, 1.807) is 0 Å². The van der Waals surface area contributed by atoms with Crippen molar-refractivity contribution in [3.05, 3.63) is 21.9 Å². The Labute approximate surface area is 121 Å². The maximum atomic E-state index is 6.89. The van der Waals surface area contributed by atoms with Crippen LogP contribution in [0.5, 0.6) is 0 Å². The monoisotopic (exact) mass is 284 g/mol. The first-order valence-corrected chi connectivity index (χ1v) is 8.55. The van der Waals surface area contributed by atoms with Gasteiger partial charge in [-0.2, -0.15) is 0 Å². The third-order valence-electron chi connectivity index (χ3n) is 4.23. The van der Waals surface area contributed by atoms with Crippen molar-refractivity contribution in [3.63, 3.8) is 0 Å². The Balaban J connectivity index is 2.19. The van der Waals surface area contributed by atoms with Crippen molar-refractivity contribution in [2.75, 3.05) is 0 Å². The second kappa shape index (κ2) is 5.96. The van der Waals surface area contributed by atoms with E-state index in [0.29, 0.717) is 5.41 Å². The molecule has 1 unspecified atom stereocenters. The highest BCUT2D eigenvalue weighted by Crippen LogP contribution is 2.55. The molecule has 1 saturated carbocycles. The fourth-order valence-corrected chi connectivity index (χ4v) is 5.06. The van der Waals surface area contributed by atoms with Crippen molar-refractivity contribution < 1.29 is 0 Å². The van der Waals surface area contributed by atoms with Crippen LogP contribution < -0.4 is 0 Å². The molecule has 1 aliphatic rings. The molecular weight excluding hydrogens is 260 g/mol. The van der Waals surface area contributed by atoms with Crippen LogP contribution in [0.4, 0.5) is 0 Å². The van der Waals surface area contributed by atoms with Crippen LogP contribution >= 0.6 is 22.9 Å². The van der Waals surface area contributed by atoms with Crippen molar-refractivity contribution in [1.29, 1.82) is 0 Å². The average Bonchev–Trinajstić information content (AvgIpc) is 2.96. The topological polar surface area (TPSA) is 0 Å². The summed E-state index contributed by atoms with van der Waals surface area (Å²) >= 11 is 8.82. The highest BCUT2D eigenvalue weighted by atomic mass is 35.5. The molecule has 2 rings (SSSR count). The quantitative estimate of drug-likeness (QED) is 0.565. The van der Waals surface area contributed by atoms with Gasteiger partial charge in [0.05, 0.1) is 5.38 Å². The van der Waals surface area contributed by atoms with Gasteiger partial charge >= 0.3 is 0 Å². The molecule has 1 heterocycles. The fourth-order valence-electron chi connectivity index (χ4n) is 3.48. The van der Waals surface area contributed by atoms with Crippen LogP contribution in [0.15, 0.2) is 12.1 Å². The number of rotatable bonds is 5. The number of hydrogen-bond donors (Lipinski definition) is 0. The molecule has 1 atom stereocenters. The molecule has 0 spiro atoms. The number of hydrogen-bond acceptors (Lipinski definition) is 1. The SMILES string of the molecule is CCc1ccc(C(Cl)C2(CC(C)C)CCCC2)s1. The Kier molecular flexibility index (Phi) is 4.77. The summed E-state index contributed by atoms with van der Waals surface area (Å²) in [6.07, 6.45) is 7.77. The van der Waals surface area contributed by atoms with Crippen LogP contribution in [0, 0.1) is 11.3 Å². The Hall–Kier alpha value is -0.0100. The summed E-state index contributed by atoms with van der Waals surface area (Å²) in [5, 5.41) is 0.229. The van der Waals surface area contributed by atoms with Gasteiger partial charge in [0.1, 0.15) is 0 Å². The van der Waals surface area contributed by atoms with Crippen molar-refractivity contribution in [3.8, 4) is 0 Å². The summed E-state index contributed by atoms with van der Waals surface area (Å²) in [7, 11) is 0. The zero-order chi connectivity index (χ0) is 13.2. The lowest BCUT2D eigenvalue weighted by molar-refractivity contribution is 0.225. The lowest BCUT2D eigenvalue weighted by atomic mass is 9.75. The summed E-state index contributed by atoms with van der Waals surface area (Å²) in [5.41, 5.74) is 0.367. The molecule has 0 bridgehead atoms. The van der Waals surface area contributed by atoms with E-state index in [-0.39, 0.29) is 5.38 Å². The van der Waals surface area contributed by atoms with Crippen LogP contribution in [-0.2, 0) is 6.42 Å². The van der Waals surface area contributed by atoms with Gasteiger partial charge < -0.3 is 0 Å². The van der Waals surface area contributed by atoms with Crippen LogP contribution in [0.3, 0.4) is 0 Å². The smallest absolute Gasteiger partial charge is 0.0734 e. The second-order valence-electron chi connectivity index (χ2n) is 6.19. The van der Waals surface area contributed by atoms with E-state index in [1.807, 2.05) is 11.3 Å². The molecule has 1 aliphatic carbocycles. The Morgan fingerprint density at radius 1 is 1.28 bits per heavy atom. The number of halogens is 1. The van der Waals surface area contributed by atoms with Gasteiger partial charge in [-0.1, -0.05) is 33.6 Å². The first-order valence-electron chi connectivity index (χ1n) is 7.30. The highest BCUT2D eigenvalue weighted by Gasteiger charge is 2.41. The molecule has 0 saturated heterocycles. The molecule has 102 valence electrons. The third-order valence-corrected chi connectivity index (χ3v) is 6.35. The predicted molar refractivity (Wildman–Crippen MR) is 82.6 cm³/mol. The maximum Gasteiger partial charge on any atom is 0.0734 e. The van der Waals surface area contributed by atoms with E-state index in [1.165, 1.54) is 41.9 Å². The molecule has 0 amide bonds. The van der Waals surface area contributed by atoms with Gasteiger partial charge in [-0.05, 0) is 49.1 Å². The highest BCUT2D eigenvalue weighted by molar-refractivity contribution is 7.12. The number of alkyl halides is 1. The summed E-state index contributed by atoms with van der Waals surface area (Å²) < 4.78 is 0. The second-order valence-corrected chi connectivity index (χ2v) is 7.82. The first-order chi connectivity index (χ1) is 8.57. The van der Waals surface area contributed by atoms with E-state index in [0.717, 1.165) is 12.3 Å². The molecule has 1 aromatic rings. The third kappa shape index (κ3) is 2.93. The van der Waals surface area contributed by atoms with E-state index in [2.05, 4.69) is 32.9 Å². The van der Waals surface area contributed by atoms with Crippen LogP contribution in [-0.4, -0.2) is 0 Å². The van der Waals surface area contributed by atoms with Crippen molar-refractivity contribution in [1.82, 2.24) is 0 Å². The Morgan fingerprint density at radius 3 is 2.44 bits per heavy atom. The summed E-state index contributed by atoms with van der Waals surface area (Å²) in [6, 6.07) is 4.52. The average molecular weight is 285 g/mol. The Morgan fingerprint density at radius 2 is 1.94 bits per heavy atom. The summed E-state index contributed by atoms with van der Waals surface area (Å²) in [6.45, 7) is 6.88. The standard InChI is InChI=1S/C16H25ClS/c1-4-13-7-8-14(18-13)15(17)16(11-12(2)3)9-5-6-10-16/h7-8,12,15H,4-6,9-11H2,1-3H3. The lowest BCUT2D eigenvalue weighted by Crippen LogP contribution is -2.24. The molecular formula is C16H25ClS. The number of thiophene rings is 1. The maximum absolute atomic E-state index is 6.89. The lowest BCUT2D eigenvalue weighted by Gasteiger charge is -2.35. The molecule has 0 aromatic carbocycles. The van der Waals surface area contributed by atoms with Crippen LogP contribution in [0.1, 0.15) is 68.0 Å². The van der Waals surface area contributed by atoms with Gasteiger partial charge in [-0.3, -0.25) is 0 Å². The van der Waals surface area contributed by atoms with Gasteiger partial charge in [-0.25, -0.2) is 0 Å². The van der Waals surface area contributed by atoms with Crippen molar-refractivity contribution in [2.45, 2.75) is 64.7 Å². The normalized spacial score (nSPS) is 20.5. The minimum absolute atomic E-state index is 0.229. The van der Waals surface area contributed by atoms with Gasteiger partial charge in [0, 0.05) is 9.75 Å². The molecule has 1 aromatic heterocycles. The molecule has 0 aliphatic heterocycles. The molecule has 0 nitrogen and oxygen atoms in total. The minimum Gasteiger partial charge on any atom is -0.144 e. The molecule has 2 heteroatoms. The largest absolute Gasteiger partial charge is 0.144 e. The predicted octanol–water partition coefficient (Wildman–Crippen LogP) is 6.20. The van der Waals surface area contributed by atoms with Gasteiger partial charge in [0.2, 0.25) is 0 Å². The molecule has 0 radical (unpaired) electrons. The molecule has 18 heavy (non-hydrogen) atoms. The molecule has 0 N–H and O–H groups in total. The molecule has 1 fully saturated rings. The van der Waals surface area contributed by atoms with E-state index in [4.69, 9.17) is 11.6 Å². The summed E-state index contributed by atoms with van der Waals surface area (Å²) in [4.78, 5) is 2.87. The van der Waals surface area contributed by atoms with E-state index < -0.39 is 0 Å². The van der Waals surface area contributed by atoms with E-state index in [9.17, 15) is 0 Å². The first kappa shape index (κ1) is 14.4. The van der Waals surface area contributed by atoms with Gasteiger partial charge in [0.25, 0.3) is 0 Å². The minimum atomic E-state index is 0.229. The Bertz CT molecular complexity index is 374. The van der Waals surface area contributed by atoms with Gasteiger partial charge in [0.15, 0.2) is 0 Å². The van der Waals surface area contributed by atoms with Crippen molar-refractivity contribution >= 4 is 22.9 Å².